The maximum atomic E-state index is 13.0. The summed E-state index contributed by atoms with van der Waals surface area (Å²) in [5.74, 6) is 2.39. The molecule has 0 radical (unpaired) electrons. The van der Waals surface area contributed by atoms with E-state index in [-0.39, 0.29) is 12.2 Å². The number of ketones is 1. The van der Waals surface area contributed by atoms with E-state index < -0.39 is 0 Å². The second-order valence-corrected chi connectivity index (χ2v) is 11.1. The number of methoxy groups -OCH3 is 1. The number of rotatable bonds is 12. The van der Waals surface area contributed by atoms with Crippen LogP contribution in [0.25, 0.3) is 10.9 Å². The number of hydrogen-bond donors (Lipinski definition) is 0. The molecule has 10 nitrogen and oxygen atoms in total. The summed E-state index contributed by atoms with van der Waals surface area (Å²) in [7, 11) is 1.63. The van der Waals surface area contributed by atoms with Crippen LogP contribution in [0.1, 0.15) is 41.9 Å². The van der Waals surface area contributed by atoms with Crippen LogP contribution in [-0.2, 0) is 11.2 Å². The van der Waals surface area contributed by atoms with Crippen LogP contribution in [0.2, 0.25) is 0 Å². The third kappa shape index (κ3) is 7.43. The Morgan fingerprint density at radius 2 is 1.73 bits per heavy atom. The standard InChI is InChI=1S/C34H39N5O5/c1-41-33-22-28-29(23-34(33)43-17-5-12-38-15-18-42-19-16-38)35-11-9-32(28)44-27-7-6-25(37-24-27)20-31(40)30-21-26(8-10-36-30)39-13-3-2-4-14-39/h6-11,21-24H,2-5,12-20H2,1H3. The van der Waals surface area contributed by atoms with Crippen LogP contribution in [0.3, 0.4) is 0 Å². The molecule has 2 aliphatic rings. The number of Topliss-reactive ketones (excluding diaryl/α,β-unsaturated/α-hetero) is 1. The summed E-state index contributed by atoms with van der Waals surface area (Å²) < 4.78 is 23.4. The van der Waals surface area contributed by atoms with E-state index in [1.165, 1.54) is 19.3 Å². The van der Waals surface area contributed by atoms with Gasteiger partial charge in [0.1, 0.15) is 17.2 Å². The zero-order valence-corrected chi connectivity index (χ0v) is 25.2. The minimum Gasteiger partial charge on any atom is -0.493 e. The summed E-state index contributed by atoms with van der Waals surface area (Å²) >= 11 is 0. The van der Waals surface area contributed by atoms with Gasteiger partial charge in [0.15, 0.2) is 17.3 Å². The molecule has 0 spiro atoms. The summed E-state index contributed by atoms with van der Waals surface area (Å²) in [5, 5.41) is 0.795. The molecule has 6 rings (SSSR count). The van der Waals surface area contributed by atoms with Crippen LogP contribution in [0.15, 0.2) is 61.1 Å². The molecule has 5 heterocycles. The molecule has 0 saturated carbocycles. The zero-order chi connectivity index (χ0) is 30.1. The number of benzene rings is 1. The maximum absolute atomic E-state index is 13.0. The van der Waals surface area contributed by atoms with Crippen molar-refractivity contribution in [1.29, 1.82) is 0 Å². The number of aromatic nitrogens is 3. The van der Waals surface area contributed by atoms with Gasteiger partial charge in [0.25, 0.3) is 0 Å². The Hall–Kier alpha value is -4.28. The average Bonchev–Trinajstić information content (AvgIpc) is 3.08. The van der Waals surface area contributed by atoms with Gasteiger partial charge in [0.05, 0.1) is 45.1 Å². The molecule has 0 amide bonds. The van der Waals surface area contributed by atoms with Crippen LogP contribution in [0, 0.1) is 0 Å². The Morgan fingerprint density at radius 3 is 2.52 bits per heavy atom. The highest BCUT2D eigenvalue weighted by molar-refractivity contribution is 5.96. The lowest BCUT2D eigenvalue weighted by Crippen LogP contribution is -2.37. The molecule has 0 unspecified atom stereocenters. The second-order valence-electron chi connectivity index (χ2n) is 11.1. The summed E-state index contributed by atoms with van der Waals surface area (Å²) in [5.41, 5.74) is 2.92. The molecular formula is C34H39N5O5. The lowest BCUT2D eigenvalue weighted by molar-refractivity contribution is 0.0357. The van der Waals surface area contributed by atoms with Crippen molar-refractivity contribution in [2.24, 2.45) is 0 Å². The normalized spacial score (nSPS) is 15.7. The van der Waals surface area contributed by atoms with Crippen molar-refractivity contribution in [1.82, 2.24) is 19.9 Å². The molecule has 0 atom stereocenters. The molecule has 230 valence electrons. The predicted molar refractivity (Wildman–Crippen MR) is 168 cm³/mol. The maximum Gasteiger partial charge on any atom is 0.187 e. The first-order valence-electron chi connectivity index (χ1n) is 15.4. The Kier molecular flexibility index (Phi) is 9.79. The number of piperidine rings is 1. The monoisotopic (exact) mass is 597 g/mol. The summed E-state index contributed by atoms with van der Waals surface area (Å²) in [6.07, 6.45) is 9.76. The van der Waals surface area contributed by atoms with Crippen molar-refractivity contribution in [3.8, 4) is 23.0 Å². The molecule has 0 N–H and O–H groups in total. The molecular weight excluding hydrogens is 558 g/mol. The van der Waals surface area contributed by atoms with Gasteiger partial charge in [0.2, 0.25) is 0 Å². The van der Waals surface area contributed by atoms with Gasteiger partial charge in [-0.1, -0.05) is 0 Å². The van der Waals surface area contributed by atoms with E-state index in [1.807, 2.05) is 42.5 Å². The van der Waals surface area contributed by atoms with E-state index in [4.69, 9.17) is 18.9 Å². The van der Waals surface area contributed by atoms with Gasteiger partial charge in [-0.15, -0.1) is 0 Å². The molecule has 0 bridgehead atoms. The van der Waals surface area contributed by atoms with Crippen molar-refractivity contribution < 1.29 is 23.7 Å². The topological polar surface area (TPSA) is 99.1 Å². The largest absolute Gasteiger partial charge is 0.493 e. The summed E-state index contributed by atoms with van der Waals surface area (Å²) in [6, 6.07) is 13.1. The van der Waals surface area contributed by atoms with Gasteiger partial charge in [-0.25, -0.2) is 0 Å². The van der Waals surface area contributed by atoms with E-state index in [9.17, 15) is 4.79 Å². The highest BCUT2D eigenvalue weighted by Crippen LogP contribution is 2.37. The van der Waals surface area contributed by atoms with E-state index in [0.717, 1.165) is 68.9 Å². The quantitative estimate of drug-likeness (QED) is 0.157. The first kappa shape index (κ1) is 29.8. The number of nitrogens with zero attached hydrogens (tertiary/aromatic N) is 5. The first-order chi connectivity index (χ1) is 21.7. The van der Waals surface area contributed by atoms with Gasteiger partial charge in [-0.2, -0.15) is 0 Å². The fourth-order valence-electron chi connectivity index (χ4n) is 5.66. The van der Waals surface area contributed by atoms with Gasteiger partial charge in [-0.3, -0.25) is 24.6 Å². The molecule has 44 heavy (non-hydrogen) atoms. The van der Waals surface area contributed by atoms with Crippen LogP contribution in [0.4, 0.5) is 5.69 Å². The Bertz CT molecular complexity index is 1550. The molecule has 10 heteroatoms. The van der Waals surface area contributed by atoms with Gasteiger partial charge in [0, 0.05) is 68.0 Å². The van der Waals surface area contributed by atoms with Crippen molar-refractivity contribution >= 4 is 22.4 Å². The highest BCUT2D eigenvalue weighted by Gasteiger charge is 2.16. The van der Waals surface area contributed by atoms with E-state index in [2.05, 4.69) is 24.8 Å². The number of morpholine rings is 1. The predicted octanol–water partition coefficient (Wildman–Crippen LogP) is 5.34. The zero-order valence-electron chi connectivity index (χ0n) is 25.2. The first-order valence-corrected chi connectivity index (χ1v) is 15.4. The number of pyridine rings is 3. The number of ether oxygens (including phenoxy) is 4. The SMILES string of the molecule is COc1cc2c(Oc3ccc(CC(=O)c4cc(N5CCCCC5)ccn4)nc3)ccnc2cc1OCCCN1CCOCC1. The number of anilines is 1. The lowest BCUT2D eigenvalue weighted by Gasteiger charge is -2.28. The molecule has 0 aliphatic carbocycles. The van der Waals surface area contributed by atoms with Crippen LogP contribution in [-0.4, -0.2) is 85.3 Å². The highest BCUT2D eigenvalue weighted by atomic mass is 16.5. The number of carbonyl (C=O) groups excluding carboxylic acids is 1. The fraction of sp³-hybridized carbons (Fsp3) is 0.412. The van der Waals surface area contributed by atoms with Crippen molar-refractivity contribution in [3.05, 3.63) is 72.4 Å². The molecule has 3 aromatic heterocycles. The number of hydrogen-bond acceptors (Lipinski definition) is 10. The second kappa shape index (κ2) is 14.5. The van der Waals surface area contributed by atoms with E-state index >= 15 is 0 Å². The third-order valence-corrected chi connectivity index (χ3v) is 8.08. The van der Waals surface area contributed by atoms with Crippen molar-refractivity contribution in [2.45, 2.75) is 32.1 Å². The van der Waals surface area contributed by atoms with Crippen LogP contribution >= 0.6 is 0 Å². The Morgan fingerprint density at radius 1 is 0.886 bits per heavy atom. The summed E-state index contributed by atoms with van der Waals surface area (Å²) in [4.78, 5) is 31.1. The van der Waals surface area contributed by atoms with E-state index in [0.29, 0.717) is 41.0 Å². The molecule has 2 aliphatic heterocycles. The molecule has 1 aromatic carbocycles. The molecule has 2 saturated heterocycles. The average molecular weight is 598 g/mol. The van der Waals surface area contributed by atoms with Crippen molar-refractivity contribution in [2.75, 3.05) is 64.6 Å². The number of fused-ring (bicyclic) bond motifs is 1. The molecule has 2 fully saturated rings. The minimum absolute atomic E-state index is 0.0589. The van der Waals surface area contributed by atoms with Gasteiger partial charge < -0.3 is 23.8 Å². The Labute approximate surface area is 257 Å². The lowest BCUT2D eigenvalue weighted by atomic mass is 10.1. The summed E-state index contributed by atoms with van der Waals surface area (Å²) in [6.45, 7) is 7.10. The van der Waals surface area contributed by atoms with Crippen LogP contribution in [0.5, 0.6) is 23.0 Å². The van der Waals surface area contributed by atoms with Crippen LogP contribution < -0.4 is 19.1 Å². The third-order valence-electron chi connectivity index (χ3n) is 8.08. The van der Waals surface area contributed by atoms with E-state index in [1.54, 1.807) is 25.7 Å². The Balaban J connectivity index is 1.08. The molecule has 4 aromatic rings. The number of carbonyl (C=O) groups is 1. The minimum atomic E-state index is -0.0589. The smallest absolute Gasteiger partial charge is 0.187 e. The van der Waals surface area contributed by atoms with Gasteiger partial charge in [-0.05, 0) is 62.1 Å². The van der Waals surface area contributed by atoms with Crippen molar-refractivity contribution in [3.63, 3.8) is 0 Å². The van der Waals surface area contributed by atoms with Gasteiger partial charge >= 0.3 is 0 Å². The fourth-order valence-corrected chi connectivity index (χ4v) is 5.66.